The number of hydrogen-bond acceptors (Lipinski definition) is 3. The van der Waals surface area contributed by atoms with Crippen molar-refractivity contribution >= 4 is 16.7 Å². The smallest absolute Gasteiger partial charge is 0.274 e. The van der Waals surface area contributed by atoms with Gasteiger partial charge >= 0.3 is 0 Å². The molecule has 4 heteroatoms. The van der Waals surface area contributed by atoms with Crippen LogP contribution in [0.15, 0.2) is 53.3 Å². The highest BCUT2D eigenvalue weighted by Gasteiger charge is 2.26. The maximum absolute atomic E-state index is 12.7. The average Bonchev–Trinajstić information content (AvgIpc) is 3.13. The van der Waals surface area contributed by atoms with Crippen LogP contribution < -0.4 is 5.32 Å². The Hall–Kier alpha value is -2.62. The van der Waals surface area contributed by atoms with Crippen molar-refractivity contribution in [3.8, 4) is 11.3 Å². The third-order valence-corrected chi connectivity index (χ3v) is 5.22. The van der Waals surface area contributed by atoms with Crippen molar-refractivity contribution < 1.29 is 9.21 Å². The molecule has 1 aliphatic carbocycles. The molecular weight excluding hydrogens is 312 g/mol. The van der Waals surface area contributed by atoms with E-state index in [2.05, 4.69) is 29.4 Å². The minimum absolute atomic E-state index is 0.143. The number of fused-ring (bicyclic) bond motifs is 1. The van der Waals surface area contributed by atoms with Crippen LogP contribution in [0.4, 0.5) is 0 Å². The minimum atomic E-state index is -0.143. The number of nitrogens with one attached hydrogen (secondary N) is 1. The van der Waals surface area contributed by atoms with Crippen molar-refractivity contribution in [2.45, 2.75) is 38.6 Å². The third kappa shape index (κ3) is 3.16. The number of aromatic nitrogens is 1. The highest BCUT2D eigenvalue weighted by atomic mass is 16.3. The molecule has 0 radical (unpaired) electrons. The van der Waals surface area contributed by atoms with E-state index in [1.165, 1.54) is 25.7 Å². The molecule has 1 aromatic heterocycles. The molecule has 1 saturated carbocycles. The zero-order valence-corrected chi connectivity index (χ0v) is 14.4. The Morgan fingerprint density at radius 1 is 1.12 bits per heavy atom. The molecule has 0 bridgehead atoms. The standard InChI is InChI=1S/C21H22N2O2/c1-14-6-2-5-9-18(14)23-21(24)19-20(25-13-22-19)17-11-10-15-7-3-4-8-16(15)12-17/h3-4,7-8,10-14,18H,2,5-6,9H2,1H3,(H,23,24)/t14-,18-/m0/s1. The summed E-state index contributed by atoms with van der Waals surface area (Å²) >= 11 is 0. The summed E-state index contributed by atoms with van der Waals surface area (Å²) in [5.41, 5.74) is 1.24. The van der Waals surface area contributed by atoms with E-state index in [4.69, 9.17) is 4.42 Å². The monoisotopic (exact) mass is 334 g/mol. The number of rotatable bonds is 3. The molecule has 0 spiro atoms. The maximum Gasteiger partial charge on any atom is 0.274 e. The Kier molecular flexibility index (Phi) is 4.26. The summed E-state index contributed by atoms with van der Waals surface area (Å²) in [7, 11) is 0. The van der Waals surface area contributed by atoms with Gasteiger partial charge in [0.1, 0.15) is 0 Å². The molecule has 25 heavy (non-hydrogen) atoms. The molecule has 2 aromatic carbocycles. The SMILES string of the molecule is C[C@H]1CCCC[C@@H]1NC(=O)c1ncoc1-c1ccc2ccccc2c1. The van der Waals surface area contributed by atoms with E-state index in [1.807, 2.05) is 30.3 Å². The van der Waals surface area contributed by atoms with Crippen LogP contribution in [0.1, 0.15) is 43.1 Å². The molecule has 1 amide bonds. The van der Waals surface area contributed by atoms with Crippen LogP contribution >= 0.6 is 0 Å². The fourth-order valence-corrected chi connectivity index (χ4v) is 3.71. The van der Waals surface area contributed by atoms with E-state index in [1.54, 1.807) is 0 Å². The topological polar surface area (TPSA) is 55.1 Å². The van der Waals surface area contributed by atoms with Crippen LogP contribution in [0.5, 0.6) is 0 Å². The summed E-state index contributed by atoms with van der Waals surface area (Å²) in [5, 5.41) is 5.43. The Bertz CT molecular complexity index is 900. The molecule has 2 atom stereocenters. The Balaban J connectivity index is 1.61. The van der Waals surface area contributed by atoms with Gasteiger partial charge in [-0.25, -0.2) is 4.98 Å². The van der Waals surface area contributed by atoms with E-state index in [0.29, 0.717) is 17.4 Å². The lowest BCUT2D eigenvalue weighted by molar-refractivity contribution is 0.0906. The van der Waals surface area contributed by atoms with Crippen molar-refractivity contribution in [3.63, 3.8) is 0 Å². The predicted molar refractivity (Wildman–Crippen MR) is 98.3 cm³/mol. The van der Waals surface area contributed by atoms with Crippen molar-refractivity contribution in [1.82, 2.24) is 10.3 Å². The lowest BCUT2D eigenvalue weighted by atomic mass is 9.86. The summed E-state index contributed by atoms with van der Waals surface area (Å²) in [6.45, 7) is 2.21. The first kappa shape index (κ1) is 15.9. The Morgan fingerprint density at radius 3 is 2.76 bits per heavy atom. The van der Waals surface area contributed by atoms with Gasteiger partial charge in [0.2, 0.25) is 0 Å². The number of amides is 1. The van der Waals surface area contributed by atoms with Gasteiger partial charge in [0, 0.05) is 11.6 Å². The molecular formula is C21H22N2O2. The van der Waals surface area contributed by atoms with Gasteiger partial charge in [-0.1, -0.05) is 56.2 Å². The molecule has 1 heterocycles. The predicted octanol–water partition coefficient (Wildman–Crippen LogP) is 4.80. The van der Waals surface area contributed by atoms with Gasteiger partial charge in [-0.15, -0.1) is 0 Å². The number of oxazole rings is 1. The molecule has 4 rings (SSSR count). The molecule has 1 fully saturated rings. The van der Waals surface area contributed by atoms with Crippen LogP contribution in [0.3, 0.4) is 0 Å². The zero-order chi connectivity index (χ0) is 17.2. The summed E-state index contributed by atoms with van der Waals surface area (Å²) < 4.78 is 5.56. The van der Waals surface area contributed by atoms with Crippen molar-refractivity contribution in [3.05, 3.63) is 54.6 Å². The first-order valence-corrected chi connectivity index (χ1v) is 8.96. The molecule has 1 N–H and O–H groups in total. The summed E-state index contributed by atoms with van der Waals surface area (Å²) in [6.07, 6.45) is 5.98. The second kappa shape index (κ2) is 6.71. The average molecular weight is 334 g/mol. The fourth-order valence-electron chi connectivity index (χ4n) is 3.71. The normalized spacial score (nSPS) is 20.5. The number of nitrogens with zero attached hydrogens (tertiary/aromatic N) is 1. The van der Waals surface area contributed by atoms with E-state index in [9.17, 15) is 4.79 Å². The second-order valence-electron chi connectivity index (χ2n) is 6.93. The second-order valence-corrected chi connectivity index (χ2v) is 6.93. The number of hydrogen-bond donors (Lipinski definition) is 1. The van der Waals surface area contributed by atoms with Crippen LogP contribution in [-0.2, 0) is 0 Å². The van der Waals surface area contributed by atoms with Crippen LogP contribution in [-0.4, -0.2) is 16.9 Å². The van der Waals surface area contributed by atoms with Gasteiger partial charge in [-0.3, -0.25) is 4.79 Å². The zero-order valence-electron chi connectivity index (χ0n) is 14.4. The molecule has 128 valence electrons. The van der Waals surface area contributed by atoms with E-state index < -0.39 is 0 Å². The van der Waals surface area contributed by atoms with E-state index >= 15 is 0 Å². The fraction of sp³-hybridized carbons (Fsp3) is 0.333. The summed E-state index contributed by atoms with van der Waals surface area (Å²) in [6, 6.07) is 14.4. The molecule has 0 aliphatic heterocycles. The first-order valence-electron chi connectivity index (χ1n) is 8.96. The minimum Gasteiger partial charge on any atom is -0.443 e. The Morgan fingerprint density at radius 2 is 1.92 bits per heavy atom. The highest BCUT2D eigenvalue weighted by Crippen LogP contribution is 2.28. The first-order chi connectivity index (χ1) is 12.2. The van der Waals surface area contributed by atoms with Gasteiger partial charge in [0.05, 0.1) is 0 Å². The largest absolute Gasteiger partial charge is 0.443 e. The molecule has 1 aliphatic rings. The van der Waals surface area contributed by atoms with Crippen molar-refractivity contribution in [2.24, 2.45) is 5.92 Å². The van der Waals surface area contributed by atoms with Gasteiger partial charge in [0.25, 0.3) is 5.91 Å². The molecule has 0 unspecified atom stereocenters. The molecule has 3 aromatic rings. The quantitative estimate of drug-likeness (QED) is 0.748. The van der Waals surface area contributed by atoms with Crippen LogP contribution in [0, 0.1) is 5.92 Å². The third-order valence-electron chi connectivity index (χ3n) is 5.22. The van der Waals surface area contributed by atoms with Crippen molar-refractivity contribution in [1.29, 1.82) is 0 Å². The van der Waals surface area contributed by atoms with Gasteiger partial charge in [-0.05, 0) is 35.6 Å². The molecule has 4 nitrogen and oxygen atoms in total. The lowest BCUT2D eigenvalue weighted by Crippen LogP contribution is -2.41. The van der Waals surface area contributed by atoms with Gasteiger partial charge in [0.15, 0.2) is 17.8 Å². The number of carbonyl (C=O) groups excluding carboxylic acids is 1. The number of carbonyl (C=O) groups is 1. The Labute approximate surface area is 147 Å². The number of benzene rings is 2. The summed E-state index contributed by atoms with van der Waals surface area (Å²) in [4.78, 5) is 16.9. The van der Waals surface area contributed by atoms with Gasteiger partial charge < -0.3 is 9.73 Å². The summed E-state index contributed by atoms with van der Waals surface area (Å²) in [5.74, 6) is 0.899. The van der Waals surface area contributed by atoms with Crippen molar-refractivity contribution in [2.75, 3.05) is 0 Å². The van der Waals surface area contributed by atoms with Crippen LogP contribution in [0.2, 0.25) is 0 Å². The van der Waals surface area contributed by atoms with Gasteiger partial charge in [-0.2, -0.15) is 0 Å². The van der Waals surface area contributed by atoms with Crippen LogP contribution in [0.25, 0.3) is 22.1 Å². The maximum atomic E-state index is 12.7. The van der Waals surface area contributed by atoms with E-state index in [-0.39, 0.29) is 11.9 Å². The highest BCUT2D eigenvalue weighted by molar-refractivity contribution is 5.98. The van der Waals surface area contributed by atoms with E-state index in [0.717, 1.165) is 22.8 Å². The molecule has 0 saturated heterocycles. The lowest BCUT2D eigenvalue weighted by Gasteiger charge is -2.29.